The molecule has 2 rings (SSSR count). The normalized spacial score (nSPS) is 11.4. The monoisotopic (exact) mass is 456 g/mol. The number of hydrogen-bond donors (Lipinski definition) is 1. The molecule has 0 radical (unpaired) electrons. The first-order valence-corrected chi connectivity index (χ1v) is 11.5. The van der Waals surface area contributed by atoms with Gasteiger partial charge in [-0.15, -0.1) is 0 Å². The molecule has 0 aliphatic heterocycles. The Balaban J connectivity index is 2.19. The van der Waals surface area contributed by atoms with Crippen molar-refractivity contribution in [2.24, 2.45) is 0 Å². The van der Waals surface area contributed by atoms with Crippen molar-refractivity contribution in [2.45, 2.75) is 52.6 Å². The van der Waals surface area contributed by atoms with Crippen molar-refractivity contribution in [1.82, 2.24) is 10.2 Å². The number of nitrogens with zero attached hydrogens (tertiary/aromatic N) is 1. The molecule has 33 heavy (non-hydrogen) atoms. The Bertz CT molecular complexity index is 898. The van der Waals surface area contributed by atoms with E-state index in [4.69, 9.17) is 14.2 Å². The molecule has 0 spiro atoms. The van der Waals surface area contributed by atoms with E-state index in [2.05, 4.69) is 5.32 Å². The molecule has 0 saturated carbocycles. The zero-order valence-electron chi connectivity index (χ0n) is 20.3. The van der Waals surface area contributed by atoms with E-state index >= 15 is 0 Å². The molecule has 180 valence electrons. The predicted molar refractivity (Wildman–Crippen MR) is 129 cm³/mol. The van der Waals surface area contributed by atoms with E-state index in [0.29, 0.717) is 44.1 Å². The van der Waals surface area contributed by atoms with Gasteiger partial charge in [-0.05, 0) is 62.1 Å². The summed E-state index contributed by atoms with van der Waals surface area (Å²) in [4.78, 5) is 27.5. The van der Waals surface area contributed by atoms with E-state index in [-0.39, 0.29) is 18.2 Å². The third kappa shape index (κ3) is 7.41. The summed E-state index contributed by atoms with van der Waals surface area (Å²) in [5.41, 5.74) is 1.92. The van der Waals surface area contributed by atoms with Gasteiger partial charge in [0.05, 0.1) is 20.3 Å². The minimum absolute atomic E-state index is 0.0758. The first-order chi connectivity index (χ1) is 16.0. The molecule has 0 saturated heterocycles. The van der Waals surface area contributed by atoms with Crippen LogP contribution >= 0.6 is 0 Å². The largest absolute Gasteiger partial charge is 0.497 e. The summed E-state index contributed by atoms with van der Waals surface area (Å²) in [6, 6.07) is 12.7. The van der Waals surface area contributed by atoms with Gasteiger partial charge in [-0.25, -0.2) is 0 Å². The number of carbonyl (C=O) groups excluding carboxylic acids is 2. The van der Waals surface area contributed by atoms with Gasteiger partial charge in [0.2, 0.25) is 11.8 Å². The number of carbonyl (C=O) groups is 2. The van der Waals surface area contributed by atoms with Gasteiger partial charge < -0.3 is 24.4 Å². The molecule has 2 amide bonds. The van der Waals surface area contributed by atoms with Gasteiger partial charge in [-0.2, -0.15) is 0 Å². The van der Waals surface area contributed by atoms with Gasteiger partial charge in [-0.3, -0.25) is 9.59 Å². The highest BCUT2D eigenvalue weighted by molar-refractivity contribution is 5.87. The molecule has 0 heterocycles. The lowest BCUT2D eigenvalue weighted by molar-refractivity contribution is -0.141. The summed E-state index contributed by atoms with van der Waals surface area (Å²) >= 11 is 0. The average molecular weight is 457 g/mol. The number of rotatable bonds is 13. The van der Waals surface area contributed by atoms with E-state index in [1.165, 1.54) is 0 Å². The minimum Gasteiger partial charge on any atom is -0.497 e. The maximum absolute atomic E-state index is 13.3. The molecule has 0 aliphatic rings. The first-order valence-electron chi connectivity index (χ1n) is 11.5. The molecule has 0 aliphatic carbocycles. The second-order valence-corrected chi connectivity index (χ2v) is 7.56. The SMILES string of the molecule is CCOc1ccc(CCC(=O)N(Cc2ccc(OC)cc2)C(CC)C(=O)NC)cc1OCC. The fraction of sp³-hybridized carbons (Fsp3) is 0.462. The third-order valence-corrected chi connectivity index (χ3v) is 5.38. The maximum atomic E-state index is 13.3. The molecular formula is C26H36N2O5. The second kappa shape index (κ2) is 13.4. The second-order valence-electron chi connectivity index (χ2n) is 7.56. The summed E-state index contributed by atoms with van der Waals surface area (Å²) in [5.74, 6) is 1.88. The molecule has 1 atom stereocenters. The van der Waals surface area contributed by atoms with E-state index in [0.717, 1.165) is 16.9 Å². The number of benzene rings is 2. The molecule has 7 nitrogen and oxygen atoms in total. The molecule has 0 bridgehead atoms. The van der Waals surface area contributed by atoms with Gasteiger partial charge >= 0.3 is 0 Å². The number of aryl methyl sites for hydroxylation is 1. The van der Waals surface area contributed by atoms with Crippen LogP contribution in [0.3, 0.4) is 0 Å². The van der Waals surface area contributed by atoms with Crippen LogP contribution in [0.15, 0.2) is 42.5 Å². The molecule has 7 heteroatoms. The lowest BCUT2D eigenvalue weighted by atomic mass is 10.1. The van der Waals surface area contributed by atoms with Crippen LogP contribution in [0.5, 0.6) is 17.2 Å². The fourth-order valence-electron chi connectivity index (χ4n) is 3.66. The molecular weight excluding hydrogens is 420 g/mol. The van der Waals surface area contributed by atoms with E-state index < -0.39 is 6.04 Å². The number of ether oxygens (including phenoxy) is 3. The van der Waals surface area contributed by atoms with Gasteiger partial charge in [0, 0.05) is 20.0 Å². The van der Waals surface area contributed by atoms with Crippen LogP contribution < -0.4 is 19.5 Å². The summed E-state index contributed by atoms with van der Waals surface area (Å²) in [7, 11) is 3.21. The van der Waals surface area contributed by atoms with Gasteiger partial charge in [0.1, 0.15) is 11.8 Å². The van der Waals surface area contributed by atoms with Crippen LogP contribution in [-0.4, -0.2) is 50.1 Å². The van der Waals surface area contributed by atoms with Crippen LogP contribution in [0.2, 0.25) is 0 Å². The van der Waals surface area contributed by atoms with Crippen molar-refractivity contribution in [2.75, 3.05) is 27.4 Å². The third-order valence-electron chi connectivity index (χ3n) is 5.38. The Labute approximate surface area is 197 Å². The summed E-state index contributed by atoms with van der Waals surface area (Å²) < 4.78 is 16.5. The van der Waals surface area contributed by atoms with Crippen molar-refractivity contribution >= 4 is 11.8 Å². The molecule has 1 N–H and O–H groups in total. The average Bonchev–Trinajstić information content (AvgIpc) is 2.84. The van der Waals surface area contributed by atoms with Gasteiger partial charge in [-0.1, -0.05) is 25.1 Å². The fourth-order valence-corrected chi connectivity index (χ4v) is 3.66. The highest BCUT2D eigenvalue weighted by Gasteiger charge is 2.27. The lowest BCUT2D eigenvalue weighted by Gasteiger charge is -2.30. The van der Waals surface area contributed by atoms with Crippen LogP contribution in [0.4, 0.5) is 0 Å². The van der Waals surface area contributed by atoms with Gasteiger partial charge in [0.15, 0.2) is 11.5 Å². The zero-order chi connectivity index (χ0) is 24.2. The van der Waals surface area contributed by atoms with Crippen molar-refractivity contribution in [3.63, 3.8) is 0 Å². The molecule has 0 fully saturated rings. The van der Waals surface area contributed by atoms with Crippen LogP contribution in [-0.2, 0) is 22.6 Å². The molecule has 1 unspecified atom stereocenters. The minimum atomic E-state index is -0.538. The summed E-state index contributed by atoms with van der Waals surface area (Å²) in [6.07, 6.45) is 1.34. The number of nitrogens with one attached hydrogen (secondary N) is 1. The van der Waals surface area contributed by atoms with Crippen molar-refractivity contribution in [3.05, 3.63) is 53.6 Å². The van der Waals surface area contributed by atoms with E-state index in [1.54, 1.807) is 19.1 Å². The lowest BCUT2D eigenvalue weighted by Crippen LogP contribution is -2.48. The smallest absolute Gasteiger partial charge is 0.242 e. The van der Waals surface area contributed by atoms with E-state index in [9.17, 15) is 9.59 Å². The zero-order valence-corrected chi connectivity index (χ0v) is 20.3. The number of amides is 2. The number of methoxy groups -OCH3 is 1. The number of hydrogen-bond acceptors (Lipinski definition) is 5. The molecule has 2 aromatic carbocycles. The molecule has 0 aromatic heterocycles. The van der Waals surface area contributed by atoms with Crippen molar-refractivity contribution < 1.29 is 23.8 Å². The van der Waals surface area contributed by atoms with Crippen molar-refractivity contribution in [1.29, 1.82) is 0 Å². The summed E-state index contributed by atoms with van der Waals surface area (Å²) in [5, 5.41) is 2.69. The molecule has 2 aromatic rings. The Morgan fingerprint density at radius 1 is 0.939 bits per heavy atom. The predicted octanol–water partition coefficient (Wildman–Crippen LogP) is 3.98. The maximum Gasteiger partial charge on any atom is 0.242 e. The van der Waals surface area contributed by atoms with Gasteiger partial charge in [0.25, 0.3) is 0 Å². The quantitative estimate of drug-likeness (QED) is 0.493. The first kappa shape index (κ1) is 26.0. The van der Waals surface area contributed by atoms with E-state index in [1.807, 2.05) is 63.2 Å². The Hall–Kier alpha value is -3.22. The summed E-state index contributed by atoms with van der Waals surface area (Å²) in [6.45, 7) is 7.19. The highest BCUT2D eigenvalue weighted by atomic mass is 16.5. The van der Waals surface area contributed by atoms with Crippen LogP contribution in [0.25, 0.3) is 0 Å². The van der Waals surface area contributed by atoms with Crippen LogP contribution in [0.1, 0.15) is 44.7 Å². The Kier molecular flexibility index (Phi) is 10.5. The standard InChI is InChI=1S/C26H36N2O5/c1-6-22(26(30)27-4)28(18-20-9-13-21(31-5)14-10-20)25(29)16-12-19-11-15-23(32-7-2)24(17-19)33-8-3/h9-11,13-15,17,22H,6-8,12,16,18H2,1-5H3,(H,27,30). The number of likely N-dealkylation sites (N-methyl/N-ethyl adjacent to an activating group) is 1. The Morgan fingerprint density at radius 3 is 2.15 bits per heavy atom. The topological polar surface area (TPSA) is 77.1 Å². The highest BCUT2D eigenvalue weighted by Crippen LogP contribution is 2.29. The van der Waals surface area contributed by atoms with Crippen molar-refractivity contribution in [3.8, 4) is 17.2 Å². The Morgan fingerprint density at radius 2 is 1.58 bits per heavy atom. The van der Waals surface area contributed by atoms with Crippen LogP contribution in [0, 0.1) is 0 Å².